The number of benzene rings is 1. The molecule has 0 spiro atoms. The molecular formula is C16H21N3S. The maximum absolute atomic E-state index is 5.80. The van der Waals surface area contributed by atoms with Crippen LogP contribution >= 0.6 is 11.8 Å². The summed E-state index contributed by atoms with van der Waals surface area (Å²) < 4.78 is 0. The first-order valence-electron chi connectivity index (χ1n) is 7.29. The predicted molar refractivity (Wildman–Crippen MR) is 86.5 cm³/mol. The fraction of sp³-hybridized carbons (Fsp3) is 0.438. The molecule has 0 radical (unpaired) electrons. The van der Waals surface area contributed by atoms with E-state index in [-0.39, 0.29) is 6.04 Å². The maximum atomic E-state index is 5.80. The Hall–Kier alpha value is -1.10. The number of hydrogen-bond acceptors (Lipinski definition) is 4. The summed E-state index contributed by atoms with van der Waals surface area (Å²) >= 11 is 2.06. The molecule has 3 nitrogen and oxygen atoms in total. The number of fused-ring (bicyclic) bond motifs is 1. The fourth-order valence-electron chi connectivity index (χ4n) is 2.97. The van der Waals surface area contributed by atoms with E-state index in [1.165, 1.54) is 42.0 Å². The monoisotopic (exact) mass is 287 g/mol. The minimum absolute atomic E-state index is 0.201. The lowest BCUT2D eigenvalue weighted by atomic mass is 10.0. The second kappa shape index (κ2) is 6.57. The summed E-state index contributed by atoms with van der Waals surface area (Å²) in [7, 11) is 0. The molecule has 1 aliphatic rings. The molecule has 1 heterocycles. The molecule has 2 aromatic rings. The Morgan fingerprint density at radius 1 is 1.30 bits per heavy atom. The highest BCUT2D eigenvalue weighted by molar-refractivity contribution is 7.99. The molecule has 0 aliphatic heterocycles. The minimum atomic E-state index is 0.201. The highest BCUT2D eigenvalue weighted by Gasteiger charge is 2.19. The van der Waals surface area contributed by atoms with Crippen molar-refractivity contribution in [2.24, 2.45) is 5.84 Å². The molecule has 20 heavy (non-hydrogen) atoms. The van der Waals surface area contributed by atoms with E-state index < -0.39 is 0 Å². The Labute approximate surface area is 124 Å². The zero-order valence-corrected chi connectivity index (χ0v) is 12.4. The van der Waals surface area contributed by atoms with E-state index in [4.69, 9.17) is 5.84 Å². The van der Waals surface area contributed by atoms with Gasteiger partial charge >= 0.3 is 0 Å². The fourth-order valence-corrected chi connectivity index (χ4v) is 4.37. The van der Waals surface area contributed by atoms with Crippen LogP contribution in [0.25, 0.3) is 10.8 Å². The first-order chi connectivity index (χ1) is 9.88. The van der Waals surface area contributed by atoms with Crippen molar-refractivity contribution in [2.75, 3.05) is 5.75 Å². The Bertz CT molecular complexity index is 561. The molecule has 3 N–H and O–H groups in total. The van der Waals surface area contributed by atoms with Gasteiger partial charge in [-0.3, -0.25) is 16.3 Å². The molecule has 106 valence electrons. The number of nitrogens with zero attached hydrogens (tertiary/aromatic N) is 1. The van der Waals surface area contributed by atoms with Crippen LogP contribution in [0.5, 0.6) is 0 Å². The number of pyridine rings is 1. The van der Waals surface area contributed by atoms with Crippen molar-refractivity contribution in [2.45, 2.75) is 37.0 Å². The summed E-state index contributed by atoms with van der Waals surface area (Å²) in [5.74, 6) is 6.83. The van der Waals surface area contributed by atoms with Crippen LogP contribution in [-0.2, 0) is 0 Å². The van der Waals surface area contributed by atoms with Crippen molar-refractivity contribution in [1.82, 2.24) is 10.4 Å². The van der Waals surface area contributed by atoms with Crippen molar-refractivity contribution in [1.29, 1.82) is 0 Å². The number of rotatable bonds is 5. The maximum Gasteiger partial charge on any atom is 0.0556 e. The van der Waals surface area contributed by atoms with Gasteiger partial charge in [-0.15, -0.1) is 0 Å². The number of nitrogens with two attached hydrogens (primary N) is 1. The van der Waals surface area contributed by atoms with Crippen molar-refractivity contribution >= 4 is 22.5 Å². The van der Waals surface area contributed by atoms with Gasteiger partial charge in [-0.2, -0.15) is 11.8 Å². The smallest absolute Gasteiger partial charge is 0.0556 e. The quantitative estimate of drug-likeness (QED) is 0.653. The largest absolute Gasteiger partial charge is 0.271 e. The molecule has 1 atom stereocenters. The summed E-state index contributed by atoms with van der Waals surface area (Å²) in [6.45, 7) is 0. The predicted octanol–water partition coefficient (Wildman–Crippen LogP) is 3.42. The Morgan fingerprint density at radius 2 is 2.15 bits per heavy atom. The van der Waals surface area contributed by atoms with Crippen LogP contribution < -0.4 is 11.3 Å². The lowest BCUT2D eigenvalue weighted by Gasteiger charge is -2.20. The van der Waals surface area contributed by atoms with E-state index in [0.717, 1.165) is 11.0 Å². The van der Waals surface area contributed by atoms with Gasteiger partial charge in [0.05, 0.1) is 6.04 Å². The number of aromatic nitrogens is 1. The molecule has 1 aromatic heterocycles. The van der Waals surface area contributed by atoms with Crippen LogP contribution in [0.15, 0.2) is 36.7 Å². The first kappa shape index (κ1) is 13.9. The summed E-state index contributed by atoms with van der Waals surface area (Å²) in [6.07, 6.45) is 9.26. The van der Waals surface area contributed by atoms with Gasteiger partial charge in [0.25, 0.3) is 0 Å². The van der Waals surface area contributed by atoms with Crippen molar-refractivity contribution < 1.29 is 0 Å². The second-order valence-electron chi connectivity index (χ2n) is 5.40. The highest BCUT2D eigenvalue weighted by atomic mass is 32.2. The molecule has 0 saturated heterocycles. The third kappa shape index (κ3) is 2.97. The molecule has 0 bridgehead atoms. The van der Waals surface area contributed by atoms with Crippen LogP contribution in [-0.4, -0.2) is 16.0 Å². The van der Waals surface area contributed by atoms with E-state index in [9.17, 15) is 0 Å². The molecule has 0 amide bonds. The Kier molecular flexibility index (Phi) is 4.55. The Morgan fingerprint density at radius 3 is 2.95 bits per heavy atom. The molecule has 3 rings (SSSR count). The minimum Gasteiger partial charge on any atom is -0.271 e. The molecule has 1 aliphatic carbocycles. The number of hydrazine groups is 1. The van der Waals surface area contributed by atoms with Gasteiger partial charge in [-0.1, -0.05) is 31.0 Å². The van der Waals surface area contributed by atoms with Crippen LogP contribution in [0, 0.1) is 0 Å². The van der Waals surface area contributed by atoms with Gasteiger partial charge in [-0.25, -0.2) is 0 Å². The Balaban J connectivity index is 1.79. The van der Waals surface area contributed by atoms with E-state index in [1.54, 1.807) is 0 Å². The van der Waals surface area contributed by atoms with Crippen LogP contribution in [0.3, 0.4) is 0 Å². The number of nitrogens with one attached hydrogen (secondary N) is 1. The summed E-state index contributed by atoms with van der Waals surface area (Å²) in [5, 5.41) is 3.25. The lowest BCUT2D eigenvalue weighted by Crippen LogP contribution is -2.30. The standard InChI is InChI=1S/C16H21N3S/c17-19-16(11-20-13-5-1-2-6-13)15-7-3-4-12-10-18-9-8-14(12)15/h3-4,7-10,13,16,19H,1-2,5-6,11,17H2. The van der Waals surface area contributed by atoms with E-state index in [2.05, 4.69) is 46.4 Å². The molecular weight excluding hydrogens is 266 g/mol. The average molecular weight is 287 g/mol. The molecule has 1 saturated carbocycles. The number of thioether (sulfide) groups is 1. The van der Waals surface area contributed by atoms with Crippen molar-refractivity contribution in [3.63, 3.8) is 0 Å². The summed E-state index contributed by atoms with van der Waals surface area (Å²) in [6, 6.07) is 8.64. The van der Waals surface area contributed by atoms with Crippen LogP contribution in [0.4, 0.5) is 0 Å². The van der Waals surface area contributed by atoms with E-state index in [1.807, 2.05) is 12.4 Å². The van der Waals surface area contributed by atoms with Gasteiger partial charge in [0.2, 0.25) is 0 Å². The molecule has 1 aromatic carbocycles. The molecule has 1 fully saturated rings. The SMILES string of the molecule is NNC(CSC1CCCC1)c1cccc2cnccc12. The zero-order valence-electron chi connectivity index (χ0n) is 11.6. The van der Waals surface area contributed by atoms with Gasteiger partial charge in [0.15, 0.2) is 0 Å². The summed E-state index contributed by atoms with van der Waals surface area (Å²) in [5.41, 5.74) is 4.27. The third-order valence-corrected chi connectivity index (χ3v) is 5.56. The van der Waals surface area contributed by atoms with Gasteiger partial charge < -0.3 is 0 Å². The van der Waals surface area contributed by atoms with Crippen LogP contribution in [0.2, 0.25) is 0 Å². The van der Waals surface area contributed by atoms with Gasteiger partial charge in [-0.05, 0) is 29.9 Å². The number of hydrogen-bond donors (Lipinski definition) is 2. The molecule has 4 heteroatoms. The lowest BCUT2D eigenvalue weighted by molar-refractivity contribution is 0.613. The van der Waals surface area contributed by atoms with Crippen molar-refractivity contribution in [3.8, 4) is 0 Å². The first-order valence-corrected chi connectivity index (χ1v) is 8.34. The summed E-state index contributed by atoms with van der Waals surface area (Å²) in [4.78, 5) is 4.19. The topological polar surface area (TPSA) is 50.9 Å². The molecule has 1 unspecified atom stereocenters. The third-order valence-electron chi connectivity index (χ3n) is 4.09. The van der Waals surface area contributed by atoms with Gasteiger partial charge in [0.1, 0.15) is 0 Å². The average Bonchev–Trinajstić information content (AvgIpc) is 3.01. The van der Waals surface area contributed by atoms with Crippen molar-refractivity contribution in [3.05, 3.63) is 42.2 Å². The van der Waals surface area contributed by atoms with E-state index >= 15 is 0 Å². The zero-order chi connectivity index (χ0) is 13.8. The second-order valence-corrected chi connectivity index (χ2v) is 6.74. The van der Waals surface area contributed by atoms with Crippen LogP contribution in [0.1, 0.15) is 37.3 Å². The highest BCUT2D eigenvalue weighted by Crippen LogP contribution is 2.33. The van der Waals surface area contributed by atoms with E-state index in [0.29, 0.717) is 0 Å². The normalized spacial score (nSPS) is 17.6. The van der Waals surface area contributed by atoms with Gasteiger partial charge in [0, 0.05) is 28.8 Å².